The molecule has 0 saturated heterocycles. The van der Waals surface area contributed by atoms with Crippen LogP contribution in [-0.2, 0) is 14.3 Å². The summed E-state index contributed by atoms with van der Waals surface area (Å²) in [6.07, 6.45) is -0.554. The number of rotatable bonds is 15. The van der Waals surface area contributed by atoms with Crippen LogP contribution in [0.25, 0.3) is 0 Å². The number of ether oxygens (including phenoxy) is 3. The van der Waals surface area contributed by atoms with E-state index >= 15 is 0 Å². The number of aromatic nitrogens is 1. The molecule has 0 radical (unpaired) electrons. The fourth-order valence-electron chi connectivity index (χ4n) is 5.32. The van der Waals surface area contributed by atoms with E-state index in [4.69, 9.17) is 14.2 Å². The van der Waals surface area contributed by atoms with Crippen LogP contribution in [0.5, 0.6) is 17.5 Å². The number of hydrogen-bond acceptors (Lipinski definition) is 8. The third kappa shape index (κ3) is 9.79. The molecule has 0 aliphatic heterocycles. The van der Waals surface area contributed by atoms with Gasteiger partial charge in [0.2, 0.25) is 11.8 Å². The van der Waals surface area contributed by atoms with Crippen molar-refractivity contribution < 1.29 is 28.9 Å². The number of carbonyl (C=O) groups excluding carboxylic acids is 1. The largest absolute Gasteiger partial charge is 0.479 e. The first-order valence-electron chi connectivity index (χ1n) is 16.2. The number of hydrogen-bond donors (Lipinski definition) is 3. The molecule has 1 amide bonds. The minimum atomic E-state index is -1.15. The SMILES string of the molecule is CC(C)(C)OC(=O)NC(CNc1ccc(Oc2ccccc2)nc1OCC(=O)O)CSC(c1ccccc1)(c1ccccc1)c1ccccc1. The second-order valence-corrected chi connectivity index (χ2v) is 13.6. The number of pyridine rings is 1. The van der Waals surface area contributed by atoms with Gasteiger partial charge in [-0.3, -0.25) is 0 Å². The molecule has 5 rings (SSSR count). The molecule has 5 aromatic rings. The highest BCUT2D eigenvalue weighted by atomic mass is 32.2. The van der Waals surface area contributed by atoms with Crippen molar-refractivity contribution in [2.75, 3.05) is 24.2 Å². The molecule has 3 N–H and O–H groups in total. The lowest BCUT2D eigenvalue weighted by atomic mass is 9.84. The van der Waals surface area contributed by atoms with Crippen LogP contribution in [0.4, 0.5) is 10.5 Å². The van der Waals surface area contributed by atoms with E-state index < -0.39 is 35.1 Å². The molecule has 0 bridgehead atoms. The number of alkyl carbamates (subject to hydrolysis) is 1. The molecule has 1 heterocycles. The van der Waals surface area contributed by atoms with Gasteiger partial charge in [0, 0.05) is 18.4 Å². The molecule has 0 aliphatic carbocycles. The van der Waals surface area contributed by atoms with Crippen molar-refractivity contribution in [2.45, 2.75) is 37.2 Å². The number of thioether (sulfide) groups is 1. The molecular weight excluding hydrogens is 651 g/mol. The Kier molecular flexibility index (Phi) is 12.0. The molecule has 9 nitrogen and oxygen atoms in total. The van der Waals surface area contributed by atoms with Crippen LogP contribution >= 0.6 is 11.8 Å². The summed E-state index contributed by atoms with van der Waals surface area (Å²) >= 11 is 1.70. The molecule has 4 aromatic carbocycles. The Morgan fingerprint density at radius 3 is 1.78 bits per heavy atom. The molecule has 1 unspecified atom stereocenters. The fourth-order valence-corrected chi connectivity index (χ4v) is 6.88. The summed E-state index contributed by atoms with van der Waals surface area (Å²) in [7, 11) is 0. The van der Waals surface area contributed by atoms with Gasteiger partial charge in [-0.15, -0.1) is 11.8 Å². The summed E-state index contributed by atoms with van der Waals surface area (Å²) in [5.74, 6) is 0.171. The quantitative estimate of drug-likeness (QED) is 0.0931. The Bertz CT molecular complexity index is 1720. The third-order valence-corrected chi connectivity index (χ3v) is 9.14. The summed E-state index contributed by atoms with van der Waals surface area (Å²) in [4.78, 5) is 29.1. The summed E-state index contributed by atoms with van der Waals surface area (Å²) in [6.45, 7) is 5.09. The van der Waals surface area contributed by atoms with Crippen molar-refractivity contribution in [3.05, 3.63) is 150 Å². The molecule has 0 fully saturated rings. The Balaban J connectivity index is 1.46. The summed E-state index contributed by atoms with van der Waals surface area (Å²) < 4.78 is 16.5. The smallest absolute Gasteiger partial charge is 0.407 e. The number of para-hydroxylation sites is 1. The van der Waals surface area contributed by atoms with Crippen molar-refractivity contribution in [2.24, 2.45) is 0 Å². The van der Waals surface area contributed by atoms with E-state index in [2.05, 4.69) is 52.0 Å². The van der Waals surface area contributed by atoms with Gasteiger partial charge < -0.3 is 30.0 Å². The normalized spacial score (nSPS) is 12.0. The first-order chi connectivity index (χ1) is 24.1. The van der Waals surface area contributed by atoms with Gasteiger partial charge in [-0.2, -0.15) is 4.98 Å². The van der Waals surface area contributed by atoms with Gasteiger partial charge >= 0.3 is 12.1 Å². The van der Waals surface area contributed by atoms with Crippen LogP contribution in [0, 0.1) is 0 Å². The molecule has 1 aromatic heterocycles. The highest BCUT2D eigenvalue weighted by Crippen LogP contribution is 2.48. The highest BCUT2D eigenvalue weighted by Gasteiger charge is 2.38. The Labute approximate surface area is 297 Å². The van der Waals surface area contributed by atoms with Gasteiger partial charge in [0.15, 0.2) is 6.61 Å². The molecule has 0 saturated carbocycles. The minimum absolute atomic E-state index is 0.0525. The predicted molar refractivity (Wildman–Crippen MR) is 197 cm³/mol. The number of carbonyl (C=O) groups is 2. The number of carboxylic acid groups (broad SMARTS) is 1. The van der Waals surface area contributed by atoms with Crippen molar-refractivity contribution in [3.63, 3.8) is 0 Å². The van der Waals surface area contributed by atoms with E-state index in [1.54, 1.807) is 36.0 Å². The predicted octanol–water partition coefficient (Wildman–Crippen LogP) is 8.37. The second-order valence-electron chi connectivity index (χ2n) is 12.4. The van der Waals surface area contributed by atoms with Crippen LogP contribution in [0.1, 0.15) is 37.5 Å². The van der Waals surface area contributed by atoms with Gasteiger partial charge in [-0.1, -0.05) is 109 Å². The number of carboxylic acids is 1. The van der Waals surface area contributed by atoms with E-state index in [1.807, 2.05) is 93.6 Å². The van der Waals surface area contributed by atoms with Crippen molar-refractivity contribution in [1.82, 2.24) is 10.3 Å². The Morgan fingerprint density at radius 1 is 0.760 bits per heavy atom. The maximum absolute atomic E-state index is 13.2. The number of anilines is 1. The first kappa shape index (κ1) is 35.8. The summed E-state index contributed by atoms with van der Waals surface area (Å²) in [5, 5.41) is 15.7. The zero-order chi connectivity index (χ0) is 35.4. The number of nitrogens with one attached hydrogen (secondary N) is 2. The van der Waals surface area contributed by atoms with Crippen LogP contribution in [-0.4, -0.2) is 52.7 Å². The lowest BCUT2D eigenvalue weighted by Gasteiger charge is -2.37. The fraction of sp³-hybridized carbons (Fsp3) is 0.225. The monoisotopic (exact) mass is 691 g/mol. The number of nitrogens with zero attached hydrogens (tertiary/aromatic N) is 1. The Hall–Kier alpha value is -5.48. The number of aliphatic carboxylic acids is 1. The van der Waals surface area contributed by atoms with Crippen LogP contribution in [0.2, 0.25) is 0 Å². The van der Waals surface area contributed by atoms with E-state index in [1.165, 1.54) is 0 Å². The van der Waals surface area contributed by atoms with Crippen molar-refractivity contribution in [1.29, 1.82) is 0 Å². The van der Waals surface area contributed by atoms with Gasteiger partial charge in [0.1, 0.15) is 11.4 Å². The van der Waals surface area contributed by atoms with Crippen molar-refractivity contribution >= 4 is 29.5 Å². The van der Waals surface area contributed by atoms with Gasteiger partial charge in [-0.05, 0) is 55.7 Å². The standard InChI is InChI=1S/C40H41N3O6S/c1-39(2,3)49-38(46)42-32(26-41-34-24-25-35(43-37(34)47-27-36(44)45)48-33-22-14-7-15-23-33)28-50-40(29-16-8-4-9-17-29,30-18-10-5-11-19-30)31-20-12-6-13-21-31/h4-25,32,41H,26-28H2,1-3H3,(H,42,46)(H,44,45). The van der Waals surface area contributed by atoms with Gasteiger partial charge in [0.25, 0.3) is 0 Å². The van der Waals surface area contributed by atoms with Crippen LogP contribution < -0.4 is 20.1 Å². The van der Waals surface area contributed by atoms with E-state index in [0.29, 0.717) is 17.2 Å². The maximum Gasteiger partial charge on any atom is 0.407 e. The average molecular weight is 692 g/mol. The Morgan fingerprint density at radius 2 is 1.28 bits per heavy atom. The molecule has 1 atom stereocenters. The lowest BCUT2D eigenvalue weighted by Crippen LogP contribution is -2.45. The van der Waals surface area contributed by atoms with Crippen molar-refractivity contribution in [3.8, 4) is 17.5 Å². The highest BCUT2D eigenvalue weighted by molar-refractivity contribution is 8.00. The van der Waals surface area contributed by atoms with Crippen LogP contribution in [0.3, 0.4) is 0 Å². The average Bonchev–Trinajstić information content (AvgIpc) is 3.11. The zero-order valence-corrected chi connectivity index (χ0v) is 29.1. The molecule has 10 heteroatoms. The summed E-state index contributed by atoms with van der Waals surface area (Å²) in [6, 6.07) is 43.0. The topological polar surface area (TPSA) is 119 Å². The molecule has 258 valence electrons. The number of amides is 1. The second kappa shape index (κ2) is 16.8. The van der Waals surface area contributed by atoms with Gasteiger partial charge in [0.05, 0.1) is 16.5 Å². The van der Waals surface area contributed by atoms with Crippen LogP contribution in [0.15, 0.2) is 133 Å². The summed E-state index contributed by atoms with van der Waals surface area (Å²) in [5.41, 5.74) is 3.01. The van der Waals surface area contributed by atoms with E-state index in [-0.39, 0.29) is 18.3 Å². The van der Waals surface area contributed by atoms with E-state index in [0.717, 1.165) is 16.7 Å². The molecule has 0 aliphatic rings. The van der Waals surface area contributed by atoms with E-state index in [9.17, 15) is 14.7 Å². The minimum Gasteiger partial charge on any atom is -0.479 e. The first-order valence-corrected chi connectivity index (χ1v) is 17.2. The maximum atomic E-state index is 13.2. The zero-order valence-electron chi connectivity index (χ0n) is 28.2. The van der Waals surface area contributed by atoms with Gasteiger partial charge in [-0.25, -0.2) is 9.59 Å². The number of benzene rings is 4. The molecular formula is C40H41N3O6S. The molecule has 50 heavy (non-hydrogen) atoms. The lowest BCUT2D eigenvalue weighted by molar-refractivity contribution is -0.139. The third-order valence-electron chi connectivity index (χ3n) is 7.43. The molecule has 0 spiro atoms.